The second-order valence-corrected chi connectivity index (χ2v) is 7.08. The van der Waals surface area contributed by atoms with Gasteiger partial charge in [0.05, 0.1) is 29.4 Å². The normalized spacial score (nSPS) is 16.0. The SMILES string of the molecule is CN1c2ccccc2C(c2cccs2)=NCC1CNC(=O)c1ccco1.Cl. The highest BCUT2D eigenvalue weighted by Gasteiger charge is 2.25. The quantitative estimate of drug-likeness (QED) is 0.722. The van der Waals surface area contributed by atoms with Gasteiger partial charge in [0.1, 0.15) is 0 Å². The van der Waals surface area contributed by atoms with Gasteiger partial charge in [-0.1, -0.05) is 24.3 Å². The van der Waals surface area contributed by atoms with E-state index in [1.165, 1.54) is 6.26 Å². The Balaban J connectivity index is 0.00000210. The number of rotatable bonds is 4. The Morgan fingerprint density at radius 2 is 2.11 bits per heavy atom. The van der Waals surface area contributed by atoms with Crippen LogP contribution in [-0.2, 0) is 0 Å². The Bertz CT molecular complexity index is 923. The van der Waals surface area contributed by atoms with E-state index in [0.717, 1.165) is 21.8 Å². The third-order valence-electron chi connectivity index (χ3n) is 4.54. The highest BCUT2D eigenvalue weighted by Crippen LogP contribution is 2.28. The van der Waals surface area contributed by atoms with Gasteiger partial charge < -0.3 is 14.6 Å². The molecule has 3 heterocycles. The van der Waals surface area contributed by atoms with Crippen molar-refractivity contribution in [1.82, 2.24) is 5.32 Å². The van der Waals surface area contributed by atoms with Gasteiger partial charge in [-0.3, -0.25) is 9.79 Å². The van der Waals surface area contributed by atoms with Crippen molar-refractivity contribution >= 4 is 41.1 Å². The zero-order valence-corrected chi connectivity index (χ0v) is 16.4. The first-order valence-electron chi connectivity index (χ1n) is 8.46. The van der Waals surface area contributed by atoms with Gasteiger partial charge in [-0.05, 0) is 29.6 Å². The fourth-order valence-corrected chi connectivity index (χ4v) is 3.86. The zero-order valence-electron chi connectivity index (χ0n) is 14.8. The Morgan fingerprint density at radius 3 is 2.85 bits per heavy atom. The number of nitrogens with zero attached hydrogens (tertiary/aromatic N) is 2. The summed E-state index contributed by atoms with van der Waals surface area (Å²) in [4.78, 5) is 20.4. The lowest BCUT2D eigenvalue weighted by atomic mass is 10.1. The van der Waals surface area contributed by atoms with Crippen LogP contribution < -0.4 is 10.2 Å². The molecule has 3 aromatic rings. The van der Waals surface area contributed by atoms with Crippen molar-refractivity contribution in [3.05, 3.63) is 76.4 Å². The standard InChI is InChI=1S/C20H19N3O2S.ClH/c1-23-14(13-22-20(24)17-8-4-10-25-17)12-21-19(18-9-5-11-26-18)15-6-2-3-7-16(15)23;/h2-11,14H,12-13H2,1H3,(H,22,24);1H. The number of benzodiazepines with no additional fused rings is 1. The number of hydrogen-bond acceptors (Lipinski definition) is 5. The topological polar surface area (TPSA) is 57.8 Å². The van der Waals surface area contributed by atoms with E-state index in [1.54, 1.807) is 23.5 Å². The predicted octanol–water partition coefficient (Wildman–Crippen LogP) is 3.85. The molecule has 1 atom stereocenters. The predicted molar refractivity (Wildman–Crippen MR) is 112 cm³/mol. The molecule has 140 valence electrons. The van der Waals surface area contributed by atoms with Gasteiger partial charge in [-0.15, -0.1) is 23.7 Å². The van der Waals surface area contributed by atoms with Gasteiger partial charge >= 0.3 is 0 Å². The number of furan rings is 1. The number of hydrogen-bond donors (Lipinski definition) is 1. The number of aliphatic imine (C=N–C) groups is 1. The monoisotopic (exact) mass is 401 g/mol. The summed E-state index contributed by atoms with van der Waals surface area (Å²) in [6.07, 6.45) is 1.50. The maximum absolute atomic E-state index is 12.2. The fraction of sp³-hybridized carbons (Fsp3) is 0.200. The molecule has 0 fully saturated rings. The lowest BCUT2D eigenvalue weighted by Crippen LogP contribution is -2.43. The maximum atomic E-state index is 12.2. The second-order valence-electron chi connectivity index (χ2n) is 6.14. The van der Waals surface area contributed by atoms with Crippen LogP contribution in [0.2, 0.25) is 0 Å². The molecule has 2 aromatic heterocycles. The summed E-state index contributed by atoms with van der Waals surface area (Å²) in [5.74, 6) is 0.118. The summed E-state index contributed by atoms with van der Waals surface area (Å²) < 4.78 is 5.16. The van der Waals surface area contributed by atoms with Crippen LogP contribution in [0.25, 0.3) is 0 Å². The molecule has 0 bridgehead atoms. The lowest BCUT2D eigenvalue weighted by molar-refractivity contribution is 0.0923. The van der Waals surface area contributed by atoms with E-state index in [4.69, 9.17) is 9.41 Å². The Kier molecular flexibility index (Phi) is 5.98. The number of amides is 1. The summed E-state index contributed by atoms with van der Waals surface area (Å²) in [6, 6.07) is 15.8. The summed E-state index contributed by atoms with van der Waals surface area (Å²) in [6.45, 7) is 1.10. The first-order chi connectivity index (χ1) is 12.7. The minimum Gasteiger partial charge on any atom is -0.459 e. The van der Waals surface area contributed by atoms with Crippen LogP contribution in [0.3, 0.4) is 0 Å². The number of anilines is 1. The van der Waals surface area contributed by atoms with E-state index < -0.39 is 0 Å². The number of thiophene rings is 1. The van der Waals surface area contributed by atoms with Crippen molar-refractivity contribution in [2.75, 3.05) is 25.0 Å². The van der Waals surface area contributed by atoms with E-state index in [0.29, 0.717) is 18.8 Å². The number of benzene rings is 1. The maximum Gasteiger partial charge on any atom is 0.287 e. The number of fused-ring (bicyclic) bond motifs is 1. The van der Waals surface area contributed by atoms with Gasteiger partial charge in [-0.25, -0.2) is 0 Å². The molecule has 1 aromatic carbocycles. The summed E-state index contributed by atoms with van der Waals surface area (Å²) in [5, 5.41) is 5.02. The zero-order chi connectivity index (χ0) is 17.9. The van der Waals surface area contributed by atoms with Crippen molar-refractivity contribution in [2.24, 2.45) is 4.99 Å². The third-order valence-corrected chi connectivity index (χ3v) is 5.42. The van der Waals surface area contributed by atoms with Gasteiger partial charge in [-0.2, -0.15) is 0 Å². The molecule has 5 nitrogen and oxygen atoms in total. The van der Waals surface area contributed by atoms with Gasteiger partial charge in [0, 0.05) is 24.8 Å². The van der Waals surface area contributed by atoms with Crippen LogP contribution in [-0.4, -0.2) is 37.8 Å². The van der Waals surface area contributed by atoms with Crippen LogP contribution in [0.4, 0.5) is 5.69 Å². The van der Waals surface area contributed by atoms with E-state index in [-0.39, 0.29) is 24.4 Å². The molecule has 0 saturated heterocycles. The molecule has 1 unspecified atom stereocenters. The minimum atomic E-state index is -0.205. The van der Waals surface area contributed by atoms with Crippen LogP contribution in [0.5, 0.6) is 0 Å². The van der Waals surface area contributed by atoms with Crippen molar-refractivity contribution in [3.8, 4) is 0 Å². The molecule has 27 heavy (non-hydrogen) atoms. The molecular formula is C20H20ClN3O2S. The number of carbonyl (C=O) groups is 1. The van der Waals surface area contributed by atoms with Crippen molar-refractivity contribution in [2.45, 2.75) is 6.04 Å². The van der Waals surface area contributed by atoms with Gasteiger partial charge in [0.25, 0.3) is 5.91 Å². The van der Waals surface area contributed by atoms with Crippen LogP contribution in [0.15, 0.2) is 69.6 Å². The lowest BCUT2D eigenvalue weighted by Gasteiger charge is -2.28. The minimum absolute atomic E-state index is 0. The molecule has 1 N–H and O–H groups in total. The fourth-order valence-electron chi connectivity index (χ4n) is 3.11. The second kappa shape index (κ2) is 8.41. The molecule has 4 rings (SSSR count). The molecule has 0 aliphatic carbocycles. The van der Waals surface area contributed by atoms with Crippen LogP contribution in [0, 0.1) is 0 Å². The van der Waals surface area contributed by atoms with Crippen molar-refractivity contribution in [1.29, 1.82) is 0 Å². The highest BCUT2D eigenvalue weighted by molar-refractivity contribution is 7.12. The van der Waals surface area contributed by atoms with Crippen LogP contribution >= 0.6 is 23.7 Å². The average molecular weight is 402 g/mol. The number of likely N-dealkylation sites (N-methyl/N-ethyl adjacent to an activating group) is 1. The van der Waals surface area contributed by atoms with E-state index >= 15 is 0 Å². The smallest absolute Gasteiger partial charge is 0.287 e. The largest absolute Gasteiger partial charge is 0.459 e. The molecule has 0 radical (unpaired) electrons. The number of para-hydroxylation sites is 1. The molecule has 7 heteroatoms. The Hall–Kier alpha value is -2.57. The summed E-state index contributed by atoms with van der Waals surface area (Å²) in [5.41, 5.74) is 3.26. The number of halogens is 1. The van der Waals surface area contributed by atoms with E-state index in [1.807, 2.05) is 18.2 Å². The molecule has 1 aliphatic rings. The van der Waals surface area contributed by atoms with E-state index in [2.05, 4.69) is 40.8 Å². The highest BCUT2D eigenvalue weighted by atomic mass is 35.5. The number of carbonyl (C=O) groups excluding carboxylic acids is 1. The van der Waals surface area contributed by atoms with Crippen LogP contribution in [0.1, 0.15) is 21.0 Å². The molecule has 1 aliphatic heterocycles. The first-order valence-corrected chi connectivity index (χ1v) is 9.34. The van der Waals surface area contributed by atoms with Gasteiger partial charge in [0.15, 0.2) is 5.76 Å². The van der Waals surface area contributed by atoms with Gasteiger partial charge in [0.2, 0.25) is 0 Å². The summed E-state index contributed by atoms with van der Waals surface area (Å²) >= 11 is 1.69. The van der Waals surface area contributed by atoms with Crippen molar-refractivity contribution < 1.29 is 9.21 Å². The molecular weight excluding hydrogens is 382 g/mol. The Morgan fingerprint density at radius 1 is 1.26 bits per heavy atom. The molecule has 0 saturated carbocycles. The average Bonchev–Trinajstić information content (AvgIpc) is 3.36. The van der Waals surface area contributed by atoms with Crippen molar-refractivity contribution in [3.63, 3.8) is 0 Å². The third kappa shape index (κ3) is 3.91. The molecule has 1 amide bonds. The Labute approximate surface area is 168 Å². The van der Waals surface area contributed by atoms with E-state index in [9.17, 15) is 4.79 Å². The number of nitrogens with one attached hydrogen (secondary N) is 1. The molecule has 0 spiro atoms. The summed E-state index contributed by atoms with van der Waals surface area (Å²) in [7, 11) is 2.05. The first kappa shape index (κ1) is 19.2.